The Hall–Kier alpha value is -1.26. The number of carboxylic acids is 1. The van der Waals surface area contributed by atoms with Gasteiger partial charge >= 0.3 is 12.0 Å². The molecule has 2 amide bonds. The predicted octanol–water partition coefficient (Wildman–Crippen LogP) is 0.511. The van der Waals surface area contributed by atoms with Gasteiger partial charge in [0.2, 0.25) is 0 Å². The molecule has 0 spiro atoms. The van der Waals surface area contributed by atoms with Crippen LogP contribution >= 0.6 is 0 Å². The second-order valence-corrected chi connectivity index (χ2v) is 3.78. The molecule has 0 bridgehead atoms. The summed E-state index contributed by atoms with van der Waals surface area (Å²) >= 11 is 0. The van der Waals surface area contributed by atoms with E-state index in [1.165, 1.54) is 4.90 Å². The molecule has 0 atom stereocenters. The highest BCUT2D eigenvalue weighted by atomic mass is 16.4. The summed E-state index contributed by atoms with van der Waals surface area (Å²) < 4.78 is 0. The minimum absolute atomic E-state index is 0.0907. The molecule has 0 aromatic rings. The lowest BCUT2D eigenvalue weighted by atomic mass is 10.0. The van der Waals surface area contributed by atoms with Crippen LogP contribution in [0.2, 0.25) is 0 Å². The second kappa shape index (κ2) is 4.11. The molecule has 0 saturated heterocycles. The number of hydrogen-bond donors (Lipinski definition) is 2. The average Bonchev–Trinajstić information content (AvgIpc) is 1.81. The number of rotatable bonds is 3. The summed E-state index contributed by atoms with van der Waals surface area (Å²) in [7, 11) is 3.21. The first kappa shape index (κ1) is 11.7. The van der Waals surface area contributed by atoms with Crippen LogP contribution in [0.4, 0.5) is 4.79 Å². The molecule has 0 aliphatic heterocycles. The predicted molar refractivity (Wildman–Crippen MR) is 48.6 cm³/mol. The van der Waals surface area contributed by atoms with Gasteiger partial charge in [-0.05, 0) is 13.8 Å². The highest BCUT2D eigenvalue weighted by Crippen LogP contribution is 2.08. The largest absolute Gasteiger partial charge is 0.481 e. The third kappa shape index (κ3) is 5.05. The van der Waals surface area contributed by atoms with Gasteiger partial charge in [0.25, 0.3) is 0 Å². The van der Waals surface area contributed by atoms with Gasteiger partial charge in [0.15, 0.2) is 0 Å². The molecule has 0 aromatic heterocycles. The zero-order chi connectivity index (χ0) is 10.6. The highest BCUT2D eigenvalue weighted by molar-refractivity contribution is 5.76. The molecule has 0 saturated carbocycles. The number of carbonyl (C=O) groups is 2. The quantitative estimate of drug-likeness (QED) is 0.678. The number of urea groups is 1. The summed E-state index contributed by atoms with van der Waals surface area (Å²) in [5, 5.41) is 11.1. The first-order valence-corrected chi connectivity index (χ1v) is 3.96. The Morgan fingerprint density at radius 2 is 1.85 bits per heavy atom. The average molecular weight is 188 g/mol. The second-order valence-electron chi connectivity index (χ2n) is 3.78. The molecular formula is C8H16N2O3. The van der Waals surface area contributed by atoms with E-state index in [-0.39, 0.29) is 12.5 Å². The van der Waals surface area contributed by atoms with Crippen molar-refractivity contribution in [2.45, 2.75) is 25.8 Å². The standard InChI is InChI=1S/C8H16N2O3/c1-8(2,5-6(11)12)9-7(13)10(3)4/h5H2,1-4H3,(H,9,13)(H,11,12). The normalized spacial score (nSPS) is 10.8. The molecule has 0 radical (unpaired) electrons. The van der Waals surface area contributed by atoms with Gasteiger partial charge in [0.05, 0.1) is 6.42 Å². The van der Waals surface area contributed by atoms with Crippen LogP contribution < -0.4 is 5.32 Å². The third-order valence-corrected chi connectivity index (χ3v) is 1.44. The molecule has 0 unspecified atom stereocenters. The maximum atomic E-state index is 11.2. The van der Waals surface area contributed by atoms with E-state index in [1.54, 1.807) is 27.9 Å². The zero-order valence-electron chi connectivity index (χ0n) is 8.42. The summed E-state index contributed by atoms with van der Waals surface area (Å²) in [6.07, 6.45) is -0.0907. The molecule has 0 aliphatic rings. The van der Waals surface area contributed by atoms with Gasteiger partial charge < -0.3 is 15.3 Å². The molecule has 0 aromatic carbocycles. The number of hydrogen-bond acceptors (Lipinski definition) is 2. The van der Waals surface area contributed by atoms with E-state index in [2.05, 4.69) is 5.32 Å². The van der Waals surface area contributed by atoms with Crippen LogP contribution in [0.1, 0.15) is 20.3 Å². The van der Waals surface area contributed by atoms with Gasteiger partial charge in [-0.1, -0.05) is 0 Å². The molecule has 5 heteroatoms. The lowest BCUT2D eigenvalue weighted by Gasteiger charge is -2.26. The molecule has 0 aliphatic carbocycles. The van der Waals surface area contributed by atoms with Gasteiger partial charge in [-0.2, -0.15) is 0 Å². The topological polar surface area (TPSA) is 69.6 Å². The van der Waals surface area contributed by atoms with E-state index < -0.39 is 11.5 Å². The summed E-state index contributed by atoms with van der Waals surface area (Å²) in [5.41, 5.74) is -0.715. The zero-order valence-corrected chi connectivity index (χ0v) is 8.42. The van der Waals surface area contributed by atoms with Crippen molar-refractivity contribution in [1.29, 1.82) is 0 Å². The Kier molecular flexibility index (Phi) is 3.71. The van der Waals surface area contributed by atoms with Crippen LogP contribution in [0.15, 0.2) is 0 Å². The Balaban J connectivity index is 4.16. The molecule has 2 N–H and O–H groups in total. The third-order valence-electron chi connectivity index (χ3n) is 1.44. The fourth-order valence-electron chi connectivity index (χ4n) is 0.824. The number of carbonyl (C=O) groups excluding carboxylic acids is 1. The maximum absolute atomic E-state index is 11.2. The van der Waals surface area contributed by atoms with Gasteiger partial charge in [0, 0.05) is 19.6 Å². The van der Waals surface area contributed by atoms with Crippen molar-refractivity contribution in [2.24, 2.45) is 0 Å². The summed E-state index contributed by atoms with van der Waals surface area (Å²) in [5.74, 6) is -0.927. The fourth-order valence-corrected chi connectivity index (χ4v) is 0.824. The number of aliphatic carboxylic acids is 1. The number of amides is 2. The van der Waals surface area contributed by atoms with E-state index in [0.717, 1.165) is 0 Å². The summed E-state index contributed by atoms with van der Waals surface area (Å²) in [6, 6.07) is -0.286. The maximum Gasteiger partial charge on any atom is 0.317 e. The van der Waals surface area contributed by atoms with Crippen LogP contribution in [0.5, 0.6) is 0 Å². The molecule has 76 valence electrons. The molecule has 13 heavy (non-hydrogen) atoms. The van der Waals surface area contributed by atoms with Crippen LogP contribution in [-0.4, -0.2) is 41.6 Å². The van der Waals surface area contributed by atoms with Crippen molar-refractivity contribution in [3.8, 4) is 0 Å². The lowest BCUT2D eigenvalue weighted by Crippen LogP contribution is -2.48. The van der Waals surface area contributed by atoms with Crippen LogP contribution in [0.25, 0.3) is 0 Å². The van der Waals surface area contributed by atoms with Gasteiger partial charge in [-0.3, -0.25) is 4.79 Å². The minimum atomic E-state index is -0.927. The van der Waals surface area contributed by atoms with E-state index >= 15 is 0 Å². The first-order chi connectivity index (χ1) is 5.74. The SMILES string of the molecule is CN(C)C(=O)NC(C)(C)CC(=O)O. The van der Waals surface area contributed by atoms with E-state index in [1.807, 2.05) is 0 Å². The lowest BCUT2D eigenvalue weighted by molar-refractivity contribution is -0.138. The van der Waals surface area contributed by atoms with Gasteiger partial charge in [-0.25, -0.2) is 4.79 Å². The van der Waals surface area contributed by atoms with Crippen LogP contribution in [-0.2, 0) is 4.79 Å². The first-order valence-electron chi connectivity index (χ1n) is 3.96. The smallest absolute Gasteiger partial charge is 0.317 e. The minimum Gasteiger partial charge on any atom is -0.481 e. The van der Waals surface area contributed by atoms with E-state index in [9.17, 15) is 9.59 Å². The van der Waals surface area contributed by atoms with Crippen molar-refractivity contribution in [3.63, 3.8) is 0 Å². The van der Waals surface area contributed by atoms with Crippen LogP contribution in [0.3, 0.4) is 0 Å². The van der Waals surface area contributed by atoms with Crippen molar-refractivity contribution in [3.05, 3.63) is 0 Å². The Morgan fingerprint density at radius 3 is 2.15 bits per heavy atom. The molecular weight excluding hydrogens is 172 g/mol. The number of carboxylic acid groups (broad SMARTS) is 1. The molecule has 5 nitrogen and oxygen atoms in total. The van der Waals surface area contributed by atoms with Crippen molar-refractivity contribution >= 4 is 12.0 Å². The number of nitrogens with zero attached hydrogens (tertiary/aromatic N) is 1. The van der Waals surface area contributed by atoms with Crippen molar-refractivity contribution in [1.82, 2.24) is 10.2 Å². The molecule has 0 heterocycles. The van der Waals surface area contributed by atoms with E-state index in [4.69, 9.17) is 5.11 Å². The summed E-state index contributed by atoms with van der Waals surface area (Å²) in [4.78, 5) is 22.9. The van der Waals surface area contributed by atoms with Crippen molar-refractivity contribution in [2.75, 3.05) is 14.1 Å². The highest BCUT2D eigenvalue weighted by Gasteiger charge is 2.24. The van der Waals surface area contributed by atoms with Gasteiger partial charge in [-0.15, -0.1) is 0 Å². The van der Waals surface area contributed by atoms with Gasteiger partial charge in [0.1, 0.15) is 0 Å². The van der Waals surface area contributed by atoms with Crippen LogP contribution in [0, 0.1) is 0 Å². The van der Waals surface area contributed by atoms with Crippen molar-refractivity contribution < 1.29 is 14.7 Å². The molecule has 0 fully saturated rings. The fraction of sp³-hybridized carbons (Fsp3) is 0.750. The molecule has 0 rings (SSSR count). The Bertz CT molecular complexity index is 211. The monoisotopic (exact) mass is 188 g/mol. The Labute approximate surface area is 77.7 Å². The van der Waals surface area contributed by atoms with E-state index in [0.29, 0.717) is 0 Å². The number of nitrogens with one attached hydrogen (secondary N) is 1. The summed E-state index contributed by atoms with van der Waals surface area (Å²) in [6.45, 7) is 3.34. The Morgan fingerprint density at radius 1 is 1.38 bits per heavy atom.